The van der Waals surface area contributed by atoms with E-state index >= 15 is 0 Å². The molecule has 0 radical (unpaired) electrons. The average Bonchev–Trinajstić information content (AvgIpc) is 2.40. The highest BCUT2D eigenvalue weighted by atomic mass is 35.5. The lowest BCUT2D eigenvalue weighted by atomic mass is 9.93. The van der Waals surface area contributed by atoms with Gasteiger partial charge in [-0.2, -0.15) is 0 Å². The molecule has 0 aliphatic rings. The van der Waals surface area contributed by atoms with E-state index in [-0.39, 0.29) is 28.1 Å². The van der Waals surface area contributed by atoms with Crippen LogP contribution < -0.4 is 11.1 Å². The van der Waals surface area contributed by atoms with Gasteiger partial charge in [0.2, 0.25) is 0 Å². The van der Waals surface area contributed by atoms with Gasteiger partial charge in [0.25, 0.3) is 5.91 Å². The van der Waals surface area contributed by atoms with Crippen LogP contribution in [0.1, 0.15) is 30.6 Å². The Balaban J connectivity index is 2.94. The Labute approximate surface area is 121 Å². The van der Waals surface area contributed by atoms with Gasteiger partial charge < -0.3 is 11.1 Å². The van der Waals surface area contributed by atoms with E-state index in [0.29, 0.717) is 6.42 Å². The van der Waals surface area contributed by atoms with Crippen molar-refractivity contribution in [2.45, 2.75) is 25.8 Å². The maximum Gasteiger partial charge on any atom is 0.253 e. The van der Waals surface area contributed by atoms with Gasteiger partial charge in [-0.25, -0.2) is 4.98 Å². The van der Waals surface area contributed by atoms with Gasteiger partial charge in [0.05, 0.1) is 22.0 Å². The summed E-state index contributed by atoms with van der Waals surface area (Å²) in [4.78, 5) is 27.6. The summed E-state index contributed by atoms with van der Waals surface area (Å²) < 4.78 is 0. The second-order valence-electron chi connectivity index (χ2n) is 4.29. The number of hydrogen-bond acceptors (Lipinski definition) is 4. The lowest BCUT2D eigenvalue weighted by molar-refractivity contribution is -0.122. The molecule has 3 N–H and O–H groups in total. The quantitative estimate of drug-likeness (QED) is 0.815. The zero-order valence-corrected chi connectivity index (χ0v) is 12.2. The van der Waals surface area contributed by atoms with Crippen LogP contribution in [0.5, 0.6) is 0 Å². The molecular formula is C12H15Cl2N3O2. The molecular weight excluding hydrogens is 289 g/mol. The molecule has 1 atom stereocenters. The number of ketones is 1. The smallest absolute Gasteiger partial charge is 0.253 e. The van der Waals surface area contributed by atoms with Crippen LogP contribution in [0, 0.1) is 0 Å². The summed E-state index contributed by atoms with van der Waals surface area (Å²) in [6, 6.07) is 1.40. The van der Waals surface area contributed by atoms with Crippen molar-refractivity contribution in [2.24, 2.45) is 0 Å². The molecule has 1 unspecified atom stereocenters. The minimum atomic E-state index is -1.01. The van der Waals surface area contributed by atoms with Crippen LogP contribution in [-0.4, -0.2) is 28.1 Å². The van der Waals surface area contributed by atoms with Crippen LogP contribution in [0.4, 0.5) is 5.82 Å². The average molecular weight is 304 g/mol. The minimum absolute atomic E-state index is 0.147. The van der Waals surface area contributed by atoms with E-state index in [9.17, 15) is 9.59 Å². The molecule has 5 nitrogen and oxygen atoms in total. The van der Waals surface area contributed by atoms with Crippen molar-refractivity contribution in [2.75, 3.05) is 11.6 Å². The highest BCUT2D eigenvalue weighted by Crippen LogP contribution is 2.18. The summed E-state index contributed by atoms with van der Waals surface area (Å²) in [5.41, 5.74) is 4.70. The number of nitrogens with one attached hydrogen (secondary N) is 1. The molecule has 1 amide bonds. The van der Waals surface area contributed by atoms with Crippen molar-refractivity contribution in [3.05, 3.63) is 22.8 Å². The predicted octanol–water partition coefficient (Wildman–Crippen LogP) is 2.02. The fourth-order valence-electron chi connectivity index (χ4n) is 1.40. The zero-order chi connectivity index (χ0) is 14.6. The molecule has 1 heterocycles. The summed E-state index contributed by atoms with van der Waals surface area (Å²) in [5, 5.41) is 2.83. The molecule has 0 aliphatic carbocycles. The highest BCUT2D eigenvalue weighted by Gasteiger charge is 2.32. The van der Waals surface area contributed by atoms with Gasteiger partial charge in [-0.1, -0.05) is 18.5 Å². The van der Waals surface area contributed by atoms with Gasteiger partial charge in [0.15, 0.2) is 5.78 Å². The van der Waals surface area contributed by atoms with E-state index in [1.54, 1.807) is 13.8 Å². The summed E-state index contributed by atoms with van der Waals surface area (Å²) in [6.45, 7) is 3.42. The molecule has 104 valence electrons. The van der Waals surface area contributed by atoms with Gasteiger partial charge in [-0.15, -0.1) is 11.6 Å². The Morgan fingerprint density at radius 3 is 2.63 bits per heavy atom. The number of hydrogen-bond donors (Lipinski definition) is 2. The first-order valence-electron chi connectivity index (χ1n) is 5.67. The number of halogens is 2. The number of nitrogens with two attached hydrogens (primary N) is 1. The lowest BCUT2D eigenvalue weighted by Crippen LogP contribution is -2.52. The van der Waals surface area contributed by atoms with Crippen LogP contribution >= 0.6 is 23.2 Å². The van der Waals surface area contributed by atoms with Crippen LogP contribution in [0.2, 0.25) is 5.02 Å². The minimum Gasteiger partial charge on any atom is -0.382 e. The van der Waals surface area contributed by atoms with Gasteiger partial charge in [-0.3, -0.25) is 9.59 Å². The Morgan fingerprint density at radius 1 is 1.53 bits per heavy atom. The third-order valence-corrected chi connectivity index (χ3v) is 3.51. The first-order chi connectivity index (χ1) is 8.84. The number of anilines is 1. The normalized spacial score (nSPS) is 13.7. The van der Waals surface area contributed by atoms with Crippen LogP contribution in [-0.2, 0) is 4.79 Å². The van der Waals surface area contributed by atoms with Crippen LogP contribution in [0.25, 0.3) is 0 Å². The van der Waals surface area contributed by atoms with Crippen molar-refractivity contribution < 1.29 is 9.59 Å². The molecule has 1 rings (SSSR count). The second kappa shape index (κ2) is 6.21. The van der Waals surface area contributed by atoms with Crippen LogP contribution in [0.3, 0.4) is 0 Å². The zero-order valence-electron chi connectivity index (χ0n) is 10.7. The highest BCUT2D eigenvalue weighted by molar-refractivity contribution is 6.33. The molecule has 1 aromatic heterocycles. The molecule has 0 saturated heterocycles. The number of amides is 1. The van der Waals surface area contributed by atoms with E-state index in [1.165, 1.54) is 12.3 Å². The number of alkyl halides is 1. The van der Waals surface area contributed by atoms with E-state index in [1.807, 2.05) is 0 Å². The number of carbonyl (C=O) groups excluding carboxylic acids is 2. The predicted molar refractivity (Wildman–Crippen MR) is 75.5 cm³/mol. The Morgan fingerprint density at radius 2 is 2.16 bits per heavy atom. The summed E-state index contributed by atoms with van der Waals surface area (Å²) in [7, 11) is 0. The van der Waals surface area contributed by atoms with E-state index < -0.39 is 11.4 Å². The Bertz CT molecular complexity index is 508. The van der Waals surface area contributed by atoms with Crippen molar-refractivity contribution in [1.82, 2.24) is 10.3 Å². The first kappa shape index (κ1) is 15.7. The standard InChI is InChI=1S/C12H15Cl2N3O2/c1-3-12(2,9(18)5-13)17-11(19)7-4-8(14)10(15)16-6-7/h4,6H,3,5H2,1-2H3,(H2,15,16)(H,17,19). The van der Waals surface area contributed by atoms with E-state index in [0.717, 1.165) is 0 Å². The number of nitrogen functional groups attached to an aromatic ring is 1. The molecule has 0 saturated carbocycles. The SMILES string of the molecule is CCC(C)(NC(=O)c1cnc(N)c(Cl)c1)C(=O)CCl. The third-order valence-electron chi connectivity index (χ3n) is 2.97. The maximum atomic E-state index is 12.1. The molecule has 0 bridgehead atoms. The molecule has 19 heavy (non-hydrogen) atoms. The van der Waals surface area contributed by atoms with Crippen molar-refractivity contribution >= 4 is 40.7 Å². The molecule has 1 aromatic rings. The Kier molecular flexibility index (Phi) is 5.14. The summed E-state index contributed by atoms with van der Waals surface area (Å²) >= 11 is 11.3. The molecule has 7 heteroatoms. The van der Waals surface area contributed by atoms with E-state index in [2.05, 4.69) is 10.3 Å². The number of pyridine rings is 1. The number of aromatic nitrogens is 1. The third kappa shape index (κ3) is 3.58. The van der Waals surface area contributed by atoms with E-state index in [4.69, 9.17) is 28.9 Å². The number of nitrogens with zero attached hydrogens (tertiary/aromatic N) is 1. The van der Waals surface area contributed by atoms with Crippen molar-refractivity contribution in [3.63, 3.8) is 0 Å². The maximum absolute atomic E-state index is 12.1. The summed E-state index contributed by atoms with van der Waals surface area (Å²) in [5.74, 6) is -0.712. The van der Waals surface area contributed by atoms with Gasteiger partial charge in [0, 0.05) is 6.20 Å². The molecule has 0 fully saturated rings. The second-order valence-corrected chi connectivity index (χ2v) is 4.96. The number of Topliss-reactive ketones (excluding diaryl/α,β-unsaturated/α-hetero) is 1. The number of rotatable bonds is 5. The van der Waals surface area contributed by atoms with Crippen LogP contribution in [0.15, 0.2) is 12.3 Å². The van der Waals surface area contributed by atoms with Gasteiger partial charge in [-0.05, 0) is 19.4 Å². The number of carbonyl (C=O) groups is 2. The largest absolute Gasteiger partial charge is 0.382 e. The van der Waals surface area contributed by atoms with Gasteiger partial charge >= 0.3 is 0 Å². The topological polar surface area (TPSA) is 85.1 Å². The molecule has 0 aliphatic heterocycles. The van der Waals surface area contributed by atoms with Gasteiger partial charge in [0.1, 0.15) is 5.82 Å². The summed E-state index contributed by atoms with van der Waals surface area (Å²) in [6.07, 6.45) is 1.73. The molecule has 0 spiro atoms. The first-order valence-corrected chi connectivity index (χ1v) is 6.58. The monoisotopic (exact) mass is 303 g/mol. The van der Waals surface area contributed by atoms with Crippen molar-refractivity contribution in [1.29, 1.82) is 0 Å². The fourth-order valence-corrected chi connectivity index (χ4v) is 1.86. The Hall–Kier alpha value is -1.33. The fraction of sp³-hybridized carbons (Fsp3) is 0.417. The molecule has 0 aromatic carbocycles. The lowest BCUT2D eigenvalue weighted by Gasteiger charge is -2.27. The van der Waals surface area contributed by atoms with Crippen molar-refractivity contribution in [3.8, 4) is 0 Å².